The van der Waals surface area contributed by atoms with E-state index in [0.29, 0.717) is 31.2 Å². The molecule has 3 nitrogen and oxygen atoms in total. The molecule has 0 aromatic heterocycles. The first-order valence-corrected chi connectivity index (χ1v) is 14.7. The molecule has 3 aromatic carbocycles. The van der Waals surface area contributed by atoms with E-state index >= 15 is 4.39 Å². The van der Waals surface area contributed by atoms with E-state index < -0.39 is 40.9 Å². The summed E-state index contributed by atoms with van der Waals surface area (Å²) in [5.74, 6) is -6.36. The molecule has 1 fully saturated rings. The molecule has 0 N–H and O–H groups in total. The van der Waals surface area contributed by atoms with Gasteiger partial charge in [0.1, 0.15) is 0 Å². The van der Waals surface area contributed by atoms with Gasteiger partial charge in [0.05, 0.1) is 12.5 Å². The third-order valence-electron chi connectivity index (χ3n) is 7.95. The normalized spacial score (nSPS) is 16.9. The van der Waals surface area contributed by atoms with Crippen molar-refractivity contribution in [3.05, 3.63) is 82.9 Å². The Labute approximate surface area is 239 Å². The van der Waals surface area contributed by atoms with Gasteiger partial charge < -0.3 is 9.47 Å². The Kier molecular flexibility index (Phi) is 10.8. The van der Waals surface area contributed by atoms with Crippen molar-refractivity contribution in [2.24, 2.45) is 5.92 Å². The Morgan fingerprint density at radius 1 is 0.732 bits per heavy atom. The Morgan fingerprint density at radius 3 is 2.07 bits per heavy atom. The van der Waals surface area contributed by atoms with Gasteiger partial charge in [0.25, 0.3) is 0 Å². The molecule has 0 bridgehead atoms. The molecule has 0 heterocycles. The van der Waals surface area contributed by atoms with Crippen LogP contribution in [0.4, 0.5) is 17.6 Å². The number of hydrogen-bond acceptors (Lipinski definition) is 3. The zero-order valence-corrected chi connectivity index (χ0v) is 23.8. The van der Waals surface area contributed by atoms with Gasteiger partial charge >= 0.3 is 5.97 Å². The fourth-order valence-electron chi connectivity index (χ4n) is 5.44. The number of halogens is 4. The van der Waals surface area contributed by atoms with E-state index in [0.717, 1.165) is 37.7 Å². The molecule has 41 heavy (non-hydrogen) atoms. The number of benzene rings is 3. The lowest BCUT2D eigenvalue weighted by molar-refractivity contribution is -0.140. The van der Waals surface area contributed by atoms with E-state index in [-0.39, 0.29) is 29.4 Å². The van der Waals surface area contributed by atoms with Crippen molar-refractivity contribution in [3.8, 4) is 22.6 Å². The number of hydrogen-bond donors (Lipinski definition) is 0. The summed E-state index contributed by atoms with van der Waals surface area (Å²) in [5, 5.41) is 0. The molecule has 1 aliphatic carbocycles. The second-order valence-corrected chi connectivity index (χ2v) is 11.0. The van der Waals surface area contributed by atoms with Gasteiger partial charge in [-0.3, -0.25) is 4.79 Å². The van der Waals surface area contributed by atoms with Crippen LogP contribution in [0, 0.1) is 36.1 Å². The standard InChI is InChI=1S/C34H38F4O3/c1-3-4-5-6-7-8-21-40-28-19-20-29(33(38)32(28)37)41-34(39)25-15-13-24(14-16-25)27-18-17-26(30(35)31(27)36)23-11-9-22(2)10-12-23/h9-12,17-20,24-25H,3-8,13-16,21H2,1-2H3. The Hall–Kier alpha value is -3.35. The van der Waals surface area contributed by atoms with Crippen molar-refractivity contribution in [1.82, 2.24) is 0 Å². The molecule has 0 amide bonds. The van der Waals surface area contributed by atoms with Gasteiger partial charge in [0.2, 0.25) is 11.6 Å². The van der Waals surface area contributed by atoms with Gasteiger partial charge in [0, 0.05) is 5.56 Å². The van der Waals surface area contributed by atoms with E-state index in [1.165, 1.54) is 18.6 Å². The van der Waals surface area contributed by atoms with Crippen LogP contribution in [0.5, 0.6) is 11.5 Å². The summed E-state index contributed by atoms with van der Waals surface area (Å²) in [6, 6.07) is 12.9. The van der Waals surface area contributed by atoms with E-state index in [9.17, 15) is 18.0 Å². The van der Waals surface area contributed by atoms with E-state index in [4.69, 9.17) is 9.47 Å². The van der Waals surface area contributed by atoms with Crippen LogP contribution in [0.2, 0.25) is 0 Å². The van der Waals surface area contributed by atoms with Crippen LogP contribution in [-0.2, 0) is 4.79 Å². The second kappa shape index (κ2) is 14.5. The van der Waals surface area contributed by atoms with Gasteiger partial charge in [-0.1, -0.05) is 81.0 Å². The summed E-state index contributed by atoms with van der Waals surface area (Å²) in [7, 11) is 0. The lowest BCUT2D eigenvalue weighted by Crippen LogP contribution is -2.26. The van der Waals surface area contributed by atoms with Crippen LogP contribution in [0.25, 0.3) is 11.1 Å². The number of unbranched alkanes of at least 4 members (excludes halogenated alkanes) is 5. The maximum absolute atomic E-state index is 15.1. The molecule has 4 rings (SSSR count). The molecule has 3 aromatic rings. The quantitative estimate of drug-likeness (QED) is 0.0941. The van der Waals surface area contributed by atoms with Crippen LogP contribution < -0.4 is 9.47 Å². The van der Waals surface area contributed by atoms with Gasteiger partial charge in [-0.15, -0.1) is 0 Å². The number of aryl methyl sites for hydroxylation is 1. The number of carbonyl (C=O) groups excluding carboxylic acids is 1. The Bertz CT molecular complexity index is 1310. The van der Waals surface area contributed by atoms with Crippen molar-refractivity contribution < 1.29 is 31.8 Å². The van der Waals surface area contributed by atoms with Crippen molar-refractivity contribution in [3.63, 3.8) is 0 Å². The van der Waals surface area contributed by atoms with E-state index in [2.05, 4.69) is 6.92 Å². The van der Waals surface area contributed by atoms with E-state index in [1.54, 1.807) is 24.3 Å². The number of carbonyl (C=O) groups is 1. The predicted molar refractivity (Wildman–Crippen MR) is 152 cm³/mol. The highest BCUT2D eigenvalue weighted by molar-refractivity contribution is 5.75. The first kappa shape index (κ1) is 30.6. The lowest BCUT2D eigenvalue weighted by atomic mass is 9.78. The maximum atomic E-state index is 15.1. The van der Waals surface area contributed by atoms with Gasteiger partial charge in [0.15, 0.2) is 23.1 Å². The molecule has 0 spiro atoms. The third kappa shape index (κ3) is 7.69. The minimum atomic E-state index is -1.27. The van der Waals surface area contributed by atoms with Crippen molar-refractivity contribution in [2.75, 3.05) is 6.61 Å². The first-order chi connectivity index (χ1) is 19.8. The lowest BCUT2D eigenvalue weighted by Gasteiger charge is -2.28. The van der Waals surface area contributed by atoms with Gasteiger partial charge in [-0.05, 0) is 68.2 Å². The highest BCUT2D eigenvalue weighted by Gasteiger charge is 2.31. The number of esters is 1. The number of ether oxygens (including phenoxy) is 2. The van der Waals surface area contributed by atoms with Crippen LogP contribution in [0.3, 0.4) is 0 Å². The van der Waals surface area contributed by atoms with Crippen LogP contribution in [-0.4, -0.2) is 12.6 Å². The number of rotatable bonds is 12. The second-order valence-electron chi connectivity index (χ2n) is 11.0. The summed E-state index contributed by atoms with van der Waals surface area (Å²) in [6.07, 6.45) is 7.91. The minimum Gasteiger partial charge on any atom is -0.490 e. The third-order valence-corrected chi connectivity index (χ3v) is 7.95. The summed E-state index contributed by atoms with van der Waals surface area (Å²) < 4.78 is 69.8. The average Bonchev–Trinajstić information content (AvgIpc) is 2.98. The molecule has 0 aliphatic heterocycles. The molecule has 1 aliphatic rings. The summed E-state index contributed by atoms with van der Waals surface area (Å²) in [4.78, 5) is 12.7. The maximum Gasteiger partial charge on any atom is 0.314 e. The molecule has 0 unspecified atom stereocenters. The molecular weight excluding hydrogens is 532 g/mol. The van der Waals surface area contributed by atoms with Crippen molar-refractivity contribution in [1.29, 1.82) is 0 Å². The average molecular weight is 571 g/mol. The zero-order chi connectivity index (χ0) is 29.4. The summed E-state index contributed by atoms with van der Waals surface area (Å²) in [5.41, 5.74) is 2.12. The zero-order valence-electron chi connectivity index (χ0n) is 23.8. The minimum absolute atomic E-state index is 0.205. The summed E-state index contributed by atoms with van der Waals surface area (Å²) >= 11 is 0. The topological polar surface area (TPSA) is 35.5 Å². The Balaban J connectivity index is 1.30. The molecule has 1 saturated carbocycles. The Morgan fingerprint density at radius 2 is 1.37 bits per heavy atom. The summed E-state index contributed by atoms with van der Waals surface area (Å²) in [6.45, 7) is 4.35. The van der Waals surface area contributed by atoms with Crippen LogP contribution in [0.1, 0.15) is 88.2 Å². The van der Waals surface area contributed by atoms with E-state index in [1.807, 2.05) is 19.1 Å². The molecule has 0 saturated heterocycles. The van der Waals surface area contributed by atoms with Gasteiger partial charge in [-0.2, -0.15) is 8.78 Å². The smallest absolute Gasteiger partial charge is 0.314 e. The molecular formula is C34H38F4O3. The monoisotopic (exact) mass is 570 g/mol. The predicted octanol–water partition coefficient (Wildman–Crippen LogP) is 9.84. The fourth-order valence-corrected chi connectivity index (χ4v) is 5.44. The highest BCUT2D eigenvalue weighted by atomic mass is 19.2. The van der Waals surface area contributed by atoms with Crippen molar-refractivity contribution in [2.45, 2.75) is 84.0 Å². The molecule has 0 radical (unpaired) electrons. The largest absolute Gasteiger partial charge is 0.490 e. The van der Waals surface area contributed by atoms with Gasteiger partial charge in [-0.25, -0.2) is 8.78 Å². The molecule has 0 atom stereocenters. The molecule has 7 heteroatoms. The molecule has 220 valence electrons. The van der Waals surface area contributed by atoms with Crippen LogP contribution >= 0.6 is 0 Å². The highest BCUT2D eigenvalue weighted by Crippen LogP contribution is 2.40. The fraction of sp³-hybridized carbons (Fsp3) is 0.441. The SMILES string of the molecule is CCCCCCCCOc1ccc(OC(=O)C2CCC(c3ccc(-c4ccc(C)cc4)c(F)c3F)CC2)c(F)c1F. The van der Waals surface area contributed by atoms with Crippen molar-refractivity contribution >= 4 is 5.97 Å². The first-order valence-electron chi connectivity index (χ1n) is 14.7. The van der Waals surface area contributed by atoms with Crippen LogP contribution in [0.15, 0.2) is 48.5 Å².